The number of fused-ring (bicyclic) bond motifs is 7. The van der Waals surface area contributed by atoms with E-state index in [2.05, 4.69) is 152 Å². The van der Waals surface area contributed by atoms with Crippen molar-refractivity contribution in [1.82, 2.24) is 15.0 Å². The third-order valence-corrected chi connectivity index (χ3v) is 11.0. The van der Waals surface area contributed by atoms with Crippen molar-refractivity contribution >= 4 is 53.1 Å². The highest BCUT2D eigenvalue weighted by atomic mass is 32.1. The van der Waals surface area contributed by atoms with Crippen LogP contribution in [0, 0.1) is 0 Å². The molecule has 51 heavy (non-hydrogen) atoms. The molecule has 3 nitrogen and oxygen atoms in total. The van der Waals surface area contributed by atoms with Crippen LogP contribution in [0.2, 0.25) is 0 Å². The summed E-state index contributed by atoms with van der Waals surface area (Å²) in [6.07, 6.45) is 0. The van der Waals surface area contributed by atoms with E-state index in [0.29, 0.717) is 17.5 Å². The van der Waals surface area contributed by atoms with Gasteiger partial charge >= 0.3 is 0 Å². The van der Waals surface area contributed by atoms with Crippen LogP contribution in [0.15, 0.2) is 176 Å². The first-order valence-electron chi connectivity index (χ1n) is 17.1. The van der Waals surface area contributed by atoms with Crippen LogP contribution in [-0.4, -0.2) is 15.0 Å². The Kier molecular flexibility index (Phi) is 7.00. The fourth-order valence-corrected chi connectivity index (χ4v) is 8.69. The van der Waals surface area contributed by atoms with Gasteiger partial charge in [-0.1, -0.05) is 170 Å². The summed E-state index contributed by atoms with van der Waals surface area (Å²) in [4.78, 5) is 15.5. The number of nitrogens with zero attached hydrogens (tertiary/aromatic N) is 3. The van der Waals surface area contributed by atoms with Gasteiger partial charge in [-0.15, -0.1) is 11.3 Å². The van der Waals surface area contributed by atoms with Crippen molar-refractivity contribution in [3.05, 3.63) is 176 Å². The van der Waals surface area contributed by atoms with Gasteiger partial charge in [0.05, 0.1) is 0 Å². The molecule has 2 heterocycles. The van der Waals surface area contributed by atoms with E-state index in [-0.39, 0.29) is 0 Å². The summed E-state index contributed by atoms with van der Waals surface area (Å²) in [5, 5.41) is 7.59. The lowest BCUT2D eigenvalue weighted by atomic mass is 9.95. The summed E-state index contributed by atoms with van der Waals surface area (Å²) >= 11 is 1.87. The number of thiophene rings is 1. The average Bonchev–Trinajstić information content (AvgIpc) is 3.60. The highest BCUT2D eigenvalue weighted by Crippen LogP contribution is 2.47. The van der Waals surface area contributed by atoms with Crippen molar-refractivity contribution in [2.75, 3.05) is 0 Å². The molecule has 0 amide bonds. The standard InChI is InChI=1S/C47H29N3S/c1-4-12-30(13-5-1)31-20-24-36(25-21-31)46-48-45(35-17-8-3-9-18-35)49-47(50-46)40-29-28-39-38-27-26-34-23-22-32-14-10-11-19-37(32)41(34)43(38)51-44(39)42(40)33-15-6-2-7-16-33/h1-29H. The van der Waals surface area contributed by atoms with Crippen LogP contribution >= 0.6 is 11.3 Å². The van der Waals surface area contributed by atoms with E-state index in [9.17, 15) is 0 Å². The zero-order valence-corrected chi connectivity index (χ0v) is 28.3. The minimum absolute atomic E-state index is 0.645. The first-order chi connectivity index (χ1) is 25.3. The van der Waals surface area contributed by atoms with Crippen molar-refractivity contribution in [2.45, 2.75) is 0 Å². The second-order valence-electron chi connectivity index (χ2n) is 12.8. The molecule has 4 heteroatoms. The Labute approximate surface area is 299 Å². The summed E-state index contributed by atoms with van der Waals surface area (Å²) in [5.74, 6) is 1.95. The van der Waals surface area contributed by atoms with E-state index in [0.717, 1.165) is 33.4 Å². The summed E-state index contributed by atoms with van der Waals surface area (Å²) < 4.78 is 2.53. The maximum atomic E-state index is 5.22. The highest BCUT2D eigenvalue weighted by molar-refractivity contribution is 7.27. The number of benzene rings is 8. The summed E-state index contributed by atoms with van der Waals surface area (Å²) in [6.45, 7) is 0. The highest BCUT2D eigenvalue weighted by Gasteiger charge is 2.21. The molecular weight excluding hydrogens is 639 g/mol. The molecule has 10 aromatic rings. The average molecular weight is 668 g/mol. The molecule has 0 atom stereocenters. The van der Waals surface area contributed by atoms with Crippen LogP contribution in [0.5, 0.6) is 0 Å². The van der Waals surface area contributed by atoms with Crippen LogP contribution < -0.4 is 0 Å². The lowest BCUT2D eigenvalue weighted by Crippen LogP contribution is -2.01. The molecule has 2 aromatic heterocycles. The predicted molar refractivity (Wildman–Crippen MR) is 215 cm³/mol. The van der Waals surface area contributed by atoms with Gasteiger partial charge in [-0.25, -0.2) is 15.0 Å². The van der Waals surface area contributed by atoms with Crippen LogP contribution in [0.1, 0.15) is 0 Å². The molecule has 0 unspecified atom stereocenters. The lowest BCUT2D eigenvalue weighted by Gasteiger charge is -2.13. The fraction of sp³-hybridized carbons (Fsp3) is 0. The molecular formula is C47H29N3S. The maximum Gasteiger partial charge on any atom is 0.164 e. The molecule has 10 rings (SSSR count). The molecule has 0 fully saturated rings. The van der Waals surface area contributed by atoms with Gasteiger partial charge in [-0.2, -0.15) is 0 Å². The second kappa shape index (κ2) is 12.1. The van der Waals surface area contributed by atoms with E-state index < -0.39 is 0 Å². The maximum absolute atomic E-state index is 5.22. The Balaban J connectivity index is 1.23. The van der Waals surface area contributed by atoms with Gasteiger partial charge in [0.15, 0.2) is 17.5 Å². The smallest absolute Gasteiger partial charge is 0.164 e. The van der Waals surface area contributed by atoms with E-state index in [4.69, 9.17) is 15.0 Å². The largest absolute Gasteiger partial charge is 0.208 e. The van der Waals surface area contributed by atoms with Gasteiger partial charge in [-0.05, 0) is 38.9 Å². The monoisotopic (exact) mass is 667 g/mol. The van der Waals surface area contributed by atoms with E-state index in [1.165, 1.54) is 47.3 Å². The van der Waals surface area contributed by atoms with E-state index >= 15 is 0 Å². The number of hydrogen-bond acceptors (Lipinski definition) is 4. The predicted octanol–water partition coefficient (Wildman–Crippen LogP) is 12.9. The normalized spacial score (nSPS) is 11.5. The van der Waals surface area contributed by atoms with Gasteiger partial charge in [0.2, 0.25) is 0 Å². The van der Waals surface area contributed by atoms with Crippen molar-refractivity contribution in [1.29, 1.82) is 0 Å². The Bertz CT molecular complexity index is 2880. The van der Waals surface area contributed by atoms with Crippen LogP contribution in [0.3, 0.4) is 0 Å². The number of aromatic nitrogens is 3. The molecule has 0 radical (unpaired) electrons. The quantitative estimate of drug-likeness (QED) is 0.171. The summed E-state index contributed by atoms with van der Waals surface area (Å²) in [7, 11) is 0. The van der Waals surface area contributed by atoms with Crippen LogP contribution in [0.25, 0.3) is 98.1 Å². The minimum atomic E-state index is 0.645. The summed E-state index contributed by atoms with van der Waals surface area (Å²) in [6, 6.07) is 62.0. The van der Waals surface area contributed by atoms with Gasteiger partial charge in [-0.3, -0.25) is 0 Å². The Morgan fingerprint density at radius 2 is 0.804 bits per heavy atom. The molecule has 0 aliphatic heterocycles. The number of rotatable bonds is 5. The third-order valence-electron chi connectivity index (χ3n) is 9.74. The molecule has 0 aliphatic carbocycles. The molecule has 0 N–H and O–H groups in total. The SMILES string of the molecule is c1ccc(-c2ccc(-c3nc(-c4ccccc4)nc(-c4ccc5c(sc6c5ccc5ccc7ccccc7c56)c4-c4ccccc4)n3)cc2)cc1. The molecule has 0 bridgehead atoms. The topological polar surface area (TPSA) is 38.7 Å². The molecule has 0 aliphatic rings. The first-order valence-corrected chi connectivity index (χ1v) is 17.9. The Morgan fingerprint density at radius 3 is 1.53 bits per heavy atom. The van der Waals surface area contributed by atoms with Crippen molar-refractivity contribution in [3.63, 3.8) is 0 Å². The minimum Gasteiger partial charge on any atom is -0.208 e. The summed E-state index contributed by atoms with van der Waals surface area (Å²) in [5.41, 5.74) is 7.47. The Hall–Kier alpha value is -6.49. The first kappa shape index (κ1) is 29.4. The molecule has 0 saturated carbocycles. The van der Waals surface area contributed by atoms with Gasteiger partial charge < -0.3 is 0 Å². The lowest BCUT2D eigenvalue weighted by molar-refractivity contribution is 1.07. The van der Waals surface area contributed by atoms with Crippen molar-refractivity contribution in [3.8, 4) is 56.4 Å². The molecule has 8 aromatic carbocycles. The van der Waals surface area contributed by atoms with Crippen LogP contribution in [-0.2, 0) is 0 Å². The third kappa shape index (κ3) is 5.08. The van der Waals surface area contributed by atoms with Gasteiger partial charge in [0, 0.05) is 47.8 Å². The fourth-order valence-electron chi connectivity index (χ4n) is 7.25. The van der Waals surface area contributed by atoms with Gasteiger partial charge in [0.1, 0.15) is 0 Å². The molecule has 238 valence electrons. The number of hydrogen-bond donors (Lipinski definition) is 0. The van der Waals surface area contributed by atoms with Crippen LogP contribution in [0.4, 0.5) is 0 Å². The van der Waals surface area contributed by atoms with Crippen molar-refractivity contribution < 1.29 is 0 Å². The van der Waals surface area contributed by atoms with E-state index in [1.54, 1.807) is 0 Å². The Morgan fingerprint density at radius 1 is 0.314 bits per heavy atom. The van der Waals surface area contributed by atoms with E-state index in [1.807, 2.05) is 35.6 Å². The molecule has 0 spiro atoms. The second-order valence-corrected chi connectivity index (χ2v) is 13.8. The van der Waals surface area contributed by atoms with Crippen molar-refractivity contribution in [2.24, 2.45) is 0 Å². The molecule has 0 saturated heterocycles. The zero-order valence-electron chi connectivity index (χ0n) is 27.5. The zero-order chi connectivity index (χ0) is 33.7. The van der Waals surface area contributed by atoms with Gasteiger partial charge in [0.25, 0.3) is 0 Å².